The van der Waals surface area contributed by atoms with Gasteiger partial charge in [-0.3, -0.25) is 10.1 Å². The van der Waals surface area contributed by atoms with Gasteiger partial charge in [0.15, 0.2) is 10.9 Å². The van der Waals surface area contributed by atoms with Gasteiger partial charge >= 0.3 is 0 Å². The van der Waals surface area contributed by atoms with E-state index < -0.39 is 5.91 Å². The molecule has 2 heterocycles. The summed E-state index contributed by atoms with van der Waals surface area (Å²) < 4.78 is 5.68. The molecule has 3 aromatic carbocycles. The predicted octanol–water partition coefficient (Wildman–Crippen LogP) is 7.08. The molecule has 0 atom stereocenters. The maximum Gasteiger partial charge on any atom is 0.293 e. The second-order valence-corrected chi connectivity index (χ2v) is 9.43. The van der Waals surface area contributed by atoms with E-state index in [-0.39, 0.29) is 10.9 Å². The molecule has 0 unspecified atom stereocenters. The number of furan rings is 1. The average molecular weight is 557 g/mol. The third-order valence-electron chi connectivity index (χ3n) is 5.31. The summed E-state index contributed by atoms with van der Waals surface area (Å²) in [7, 11) is 0. The number of hydrogen-bond donors (Lipinski definition) is 2. The van der Waals surface area contributed by atoms with Crippen molar-refractivity contribution >= 4 is 74.8 Å². The van der Waals surface area contributed by atoms with Gasteiger partial charge in [0.1, 0.15) is 16.8 Å². The summed E-state index contributed by atoms with van der Waals surface area (Å²) in [5.74, 6) is -0.0239. The van der Waals surface area contributed by atoms with Crippen molar-refractivity contribution < 1.29 is 9.21 Å². The first-order valence-electron chi connectivity index (χ1n) is 10.6. The Labute approximate surface area is 225 Å². The Morgan fingerprint density at radius 2 is 1.69 bits per heavy atom. The van der Waals surface area contributed by atoms with E-state index in [1.807, 2.05) is 31.2 Å². The van der Waals surface area contributed by atoms with Gasteiger partial charge in [0.2, 0.25) is 0 Å². The van der Waals surface area contributed by atoms with Crippen LogP contribution in [0.3, 0.4) is 0 Å². The second kappa shape index (κ2) is 9.91. The Balaban J connectivity index is 1.30. The highest BCUT2D eigenvalue weighted by molar-refractivity contribution is 7.80. The van der Waals surface area contributed by atoms with Crippen molar-refractivity contribution in [2.45, 2.75) is 6.92 Å². The lowest BCUT2D eigenvalue weighted by molar-refractivity contribution is 0.0951. The highest BCUT2D eigenvalue weighted by Gasteiger charge is 2.17. The number of amides is 1. The summed E-state index contributed by atoms with van der Waals surface area (Å²) in [6, 6.07) is 19.3. The van der Waals surface area contributed by atoms with E-state index in [9.17, 15) is 4.79 Å². The zero-order valence-electron chi connectivity index (χ0n) is 18.6. The zero-order valence-corrected chi connectivity index (χ0v) is 21.6. The first kappa shape index (κ1) is 24.3. The first-order valence-corrected chi connectivity index (χ1v) is 12.1. The molecular weight excluding hydrogens is 541 g/mol. The number of nitrogens with zero attached hydrogens (tertiary/aromatic N) is 3. The quantitative estimate of drug-likeness (QED) is 0.230. The van der Waals surface area contributed by atoms with Crippen LogP contribution in [0, 0.1) is 6.92 Å². The monoisotopic (exact) mass is 555 g/mol. The number of anilines is 1. The van der Waals surface area contributed by atoms with Crippen molar-refractivity contribution in [3.05, 3.63) is 93.1 Å². The van der Waals surface area contributed by atoms with Crippen LogP contribution >= 0.6 is 47.0 Å². The van der Waals surface area contributed by atoms with E-state index in [0.29, 0.717) is 43.1 Å². The molecule has 0 fully saturated rings. The fraction of sp³-hybridized carbons (Fsp3) is 0.0400. The predicted molar refractivity (Wildman–Crippen MR) is 146 cm³/mol. The van der Waals surface area contributed by atoms with Gasteiger partial charge in [-0.2, -0.15) is 4.80 Å². The van der Waals surface area contributed by atoms with Crippen LogP contribution < -0.4 is 10.6 Å². The Hall–Kier alpha value is -3.43. The average Bonchev–Trinajstić information content (AvgIpc) is 3.49. The molecule has 0 aliphatic rings. The van der Waals surface area contributed by atoms with Crippen molar-refractivity contribution in [2.24, 2.45) is 0 Å². The molecule has 0 saturated heterocycles. The van der Waals surface area contributed by atoms with E-state index in [0.717, 1.165) is 11.3 Å². The fourth-order valence-electron chi connectivity index (χ4n) is 3.51. The molecule has 2 aromatic heterocycles. The number of nitrogens with one attached hydrogen (secondary N) is 2. The number of aromatic nitrogens is 3. The molecule has 1 amide bonds. The molecule has 5 rings (SSSR count). The zero-order chi connectivity index (χ0) is 25.4. The van der Waals surface area contributed by atoms with Crippen LogP contribution in [-0.2, 0) is 0 Å². The molecule has 0 aliphatic heterocycles. The van der Waals surface area contributed by atoms with Crippen molar-refractivity contribution in [3.63, 3.8) is 0 Å². The maximum atomic E-state index is 12.7. The van der Waals surface area contributed by atoms with E-state index in [1.165, 1.54) is 10.9 Å². The number of aryl methyl sites for hydroxylation is 1. The highest BCUT2D eigenvalue weighted by Crippen LogP contribution is 2.34. The number of benzene rings is 3. The summed E-state index contributed by atoms with van der Waals surface area (Å²) in [5, 5.41) is 16.2. The largest absolute Gasteiger partial charge is 0.451 e. The van der Waals surface area contributed by atoms with Gasteiger partial charge in [-0.15, -0.1) is 10.2 Å². The number of hydrogen-bond acceptors (Lipinski definition) is 5. The molecule has 5 aromatic rings. The lowest BCUT2D eigenvalue weighted by atomic mass is 10.2. The number of halogens is 3. The Kier molecular flexibility index (Phi) is 6.68. The van der Waals surface area contributed by atoms with Crippen LogP contribution in [-0.4, -0.2) is 26.0 Å². The SMILES string of the molecule is Cc1cc2nn(-c3ccc(Cl)cc3)nc2cc1NC(=S)NC(=O)c1ccc(-c2cccc(Cl)c2Cl)o1. The molecule has 0 radical (unpaired) electrons. The topological polar surface area (TPSA) is 85.0 Å². The molecule has 0 spiro atoms. The number of thiocarbonyl (C=S) groups is 1. The summed E-state index contributed by atoms with van der Waals surface area (Å²) >= 11 is 23.6. The number of rotatable bonds is 4. The number of fused-ring (bicyclic) bond motifs is 1. The van der Waals surface area contributed by atoms with Crippen LogP contribution in [0.1, 0.15) is 16.1 Å². The van der Waals surface area contributed by atoms with Crippen molar-refractivity contribution in [3.8, 4) is 17.0 Å². The Bertz CT molecular complexity index is 1630. The number of carbonyl (C=O) groups is 1. The minimum atomic E-state index is -0.510. The smallest absolute Gasteiger partial charge is 0.293 e. The Morgan fingerprint density at radius 3 is 2.44 bits per heavy atom. The molecular formula is C25H16Cl3N5O2S. The molecule has 0 aliphatic carbocycles. The molecule has 0 bridgehead atoms. The fourth-order valence-corrected chi connectivity index (χ4v) is 4.23. The van der Waals surface area contributed by atoms with Gasteiger partial charge in [-0.1, -0.05) is 40.9 Å². The maximum absolute atomic E-state index is 12.7. The summed E-state index contributed by atoms with van der Waals surface area (Å²) in [6.07, 6.45) is 0. The molecule has 180 valence electrons. The van der Waals surface area contributed by atoms with Crippen LogP contribution in [0.5, 0.6) is 0 Å². The van der Waals surface area contributed by atoms with Crippen molar-refractivity contribution in [1.82, 2.24) is 20.3 Å². The first-order chi connectivity index (χ1) is 17.3. The van der Waals surface area contributed by atoms with Crippen molar-refractivity contribution in [2.75, 3.05) is 5.32 Å². The minimum Gasteiger partial charge on any atom is -0.451 e. The van der Waals surface area contributed by atoms with Gasteiger partial charge in [0.25, 0.3) is 5.91 Å². The molecule has 0 saturated carbocycles. The molecule has 7 nitrogen and oxygen atoms in total. The van der Waals surface area contributed by atoms with Gasteiger partial charge in [0.05, 0.1) is 15.7 Å². The molecule has 2 N–H and O–H groups in total. The van der Waals surface area contributed by atoms with E-state index >= 15 is 0 Å². The molecule has 11 heteroatoms. The third kappa shape index (κ3) is 4.94. The minimum absolute atomic E-state index is 0.0725. The van der Waals surface area contributed by atoms with Crippen LogP contribution in [0.4, 0.5) is 5.69 Å². The summed E-state index contributed by atoms with van der Waals surface area (Å²) in [5.41, 5.74) is 4.29. The molecule has 36 heavy (non-hydrogen) atoms. The second-order valence-electron chi connectivity index (χ2n) is 7.80. The third-order valence-corrected chi connectivity index (χ3v) is 6.58. The van der Waals surface area contributed by atoms with Crippen molar-refractivity contribution in [1.29, 1.82) is 0 Å². The van der Waals surface area contributed by atoms with Gasteiger partial charge in [0, 0.05) is 16.3 Å². The van der Waals surface area contributed by atoms with Gasteiger partial charge < -0.3 is 9.73 Å². The normalized spacial score (nSPS) is 11.0. The van der Waals surface area contributed by atoms with Crippen LogP contribution in [0.15, 0.2) is 71.1 Å². The summed E-state index contributed by atoms with van der Waals surface area (Å²) in [6.45, 7) is 1.90. The van der Waals surface area contributed by atoms with E-state index in [1.54, 1.807) is 36.4 Å². The highest BCUT2D eigenvalue weighted by atomic mass is 35.5. The lowest BCUT2D eigenvalue weighted by Gasteiger charge is -2.11. The van der Waals surface area contributed by atoms with Gasteiger partial charge in [-0.05, 0) is 85.4 Å². The van der Waals surface area contributed by atoms with Gasteiger partial charge in [-0.25, -0.2) is 0 Å². The van der Waals surface area contributed by atoms with E-state index in [2.05, 4.69) is 20.8 Å². The lowest BCUT2D eigenvalue weighted by Crippen LogP contribution is -2.34. The number of carbonyl (C=O) groups excluding carboxylic acids is 1. The van der Waals surface area contributed by atoms with Crippen LogP contribution in [0.25, 0.3) is 28.0 Å². The standard InChI is InChI=1S/C25H16Cl3N5O2S/c1-13-11-19-20(32-33(31-19)15-7-5-14(26)6-8-15)12-18(13)29-25(36)30-24(34)22-10-9-21(35-22)16-3-2-4-17(27)23(16)28/h2-12H,1H3,(H2,29,30,34,36). The Morgan fingerprint density at radius 1 is 0.972 bits per heavy atom. The van der Waals surface area contributed by atoms with E-state index in [4.69, 9.17) is 51.4 Å². The van der Waals surface area contributed by atoms with Crippen LogP contribution in [0.2, 0.25) is 15.1 Å². The summed E-state index contributed by atoms with van der Waals surface area (Å²) in [4.78, 5) is 14.2.